The zero-order valence-corrected chi connectivity index (χ0v) is 8.29. The van der Waals surface area contributed by atoms with Crippen LogP contribution in [0, 0.1) is 10.1 Å². The van der Waals surface area contributed by atoms with Crippen LogP contribution in [0.3, 0.4) is 0 Å². The fourth-order valence-corrected chi connectivity index (χ4v) is 1.22. The first-order valence-corrected chi connectivity index (χ1v) is 4.30. The monoisotopic (exact) mass is 255 g/mol. The van der Waals surface area contributed by atoms with Gasteiger partial charge >= 0.3 is 6.18 Å². The third kappa shape index (κ3) is 2.61. The van der Waals surface area contributed by atoms with Crippen molar-refractivity contribution in [2.75, 3.05) is 0 Å². The lowest BCUT2D eigenvalue weighted by Gasteiger charge is -2.14. The van der Waals surface area contributed by atoms with E-state index in [9.17, 15) is 23.3 Å². The molecule has 1 rings (SSSR count). The minimum absolute atomic E-state index is 0.289. The predicted octanol–water partition coefficient (Wildman–Crippen LogP) is 2.84. The largest absolute Gasteiger partial charge is 0.418 e. The third-order valence-corrected chi connectivity index (χ3v) is 2.11. The van der Waals surface area contributed by atoms with Crippen LogP contribution in [0.2, 0.25) is 5.02 Å². The fraction of sp³-hybridized carbons (Fsp3) is 0.250. The van der Waals surface area contributed by atoms with Gasteiger partial charge in [-0.3, -0.25) is 10.1 Å². The highest BCUT2D eigenvalue weighted by molar-refractivity contribution is 6.32. The van der Waals surface area contributed by atoms with Crippen LogP contribution < -0.4 is 0 Å². The van der Waals surface area contributed by atoms with Gasteiger partial charge in [-0.05, 0) is 11.6 Å². The Morgan fingerprint density at radius 3 is 2.44 bits per heavy atom. The lowest BCUT2D eigenvalue weighted by atomic mass is 10.1. The molecule has 1 aromatic carbocycles. The van der Waals surface area contributed by atoms with E-state index < -0.39 is 28.5 Å². The molecule has 16 heavy (non-hydrogen) atoms. The van der Waals surface area contributed by atoms with Crippen molar-refractivity contribution in [2.45, 2.75) is 12.3 Å². The molecule has 1 aromatic rings. The molecule has 0 saturated heterocycles. The summed E-state index contributed by atoms with van der Waals surface area (Å²) in [5.74, 6) is 0. The number of aliphatic hydroxyl groups excluding tert-OH is 1. The van der Waals surface area contributed by atoms with Crippen molar-refractivity contribution < 1.29 is 23.2 Å². The van der Waals surface area contributed by atoms with Crippen LogP contribution in [0.15, 0.2) is 18.2 Å². The van der Waals surface area contributed by atoms with Gasteiger partial charge in [0.2, 0.25) is 0 Å². The molecule has 4 nitrogen and oxygen atoms in total. The van der Waals surface area contributed by atoms with E-state index in [4.69, 9.17) is 16.7 Å². The molecule has 8 heteroatoms. The Morgan fingerprint density at radius 2 is 2.00 bits per heavy atom. The molecule has 0 amide bonds. The topological polar surface area (TPSA) is 63.4 Å². The van der Waals surface area contributed by atoms with Gasteiger partial charge < -0.3 is 5.11 Å². The van der Waals surface area contributed by atoms with Gasteiger partial charge in [-0.25, -0.2) is 0 Å². The molecule has 0 bridgehead atoms. The lowest BCUT2D eigenvalue weighted by molar-refractivity contribution is -0.384. The van der Waals surface area contributed by atoms with Gasteiger partial charge in [0.25, 0.3) is 5.69 Å². The molecular formula is C8H5ClF3NO3. The molecule has 0 spiro atoms. The van der Waals surface area contributed by atoms with E-state index in [1.54, 1.807) is 0 Å². The number of nitro benzene ring substituents is 1. The Kier molecular flexibility index (Phi) is 3.39. The molecule has 0 aliphatic heterocycles. The summed E-state index contributed by atoms with van der Waals surface area (Å²) in [5.41, 5.74) is -1.30. The van der Waals surface area contributed by atoms with Crippen LogP contribution >= 0.6 is 11.6 Å². The second-order valence-electron chi connectivity index (χ2n) is 2.91. The number of hydrogen-bond acceptors (Lipinski definition) is 3. The van der Waals surface area contributed by atoms with Crippen LogP contribution in [-0.2, 0) is 0 Å². The molecule has 0 fully saturated rings. The normalized spacial score (nSPS) is 13.6. The molecule has 0 heterocycles. The number of hydrogen-bond donors (Lipinski definition) is 1. The Labute approximate surface area is 92.4 Å². The van der Waals surface area contributed by atoms with Crippen molar-refractivity contribution in [1.82, 2.24) is 0 Å². The Balaban J connectivity index is 3.18. The molecule has 1 N–H and O–H groups in total. The summed E-state index contributed by atoms with van der Waals surface area (Å²) in [5, 5.41) is 19.0. The van der Waals surface area contributed by atoms with Crippen molar-refractivity contribution in [3.05, 3.63) is 38.9 Å². The summed E-state index contributed by atoms with van der Waals surface area (Å²) in [6.45, 7) is 0. The highest BCUT2D eigenvalue weighted by atomic mass is 35.5. The number of nitro groups is 1. The SMILES string of the molecule is O=[N+]([O-])c1cc(C(O)C(F)(F)F)ccc1Cl. The number of rotatable bonds is 2. The minimum Gasteiger partial charge on any atom is -0.379 e. The molecule has 0 radical (unpaired) electrons. The summed E-state index contributed by atoms with van der Waals surface area (Å²) in [6.07, 6.45) is -7.63. The highest BCUT2D eigenvalue weighted by Crippen LogP contribution is 2.35. The molecule has 0 aliphatic rings. The summed E-state index contributed by atoms with van der Waals surface area (Å²) in [4.78, 5) is 9.48. The van der Waals surface area contributed by atoms with Crippen molar-refractivity contribution in [3.63, 3.8) is 0 Å². The molecule has 1 atom stereocenters. The summed E-state index contributed by atoms with van der Waals surface area (Å²) >= 11 is 5.41. The maximum absolute atomic E-state index is 12.1. The maximum atomic E-state index is 12.1. The molecule has 0 saturated carbocycles. The summed E-state index contributed by atoms with van der Waals surface area (Å²) in [6, 6.07) is 2.41. The van der Waals surface area contributed by atoms with E-state index in [2.05, 4.69) is 0 Å². The lowest BCUT2D eigenvalue weighted by Crippen LogP contribution is -2.20. The number of nitrogens with zero attached hydrogens (tertiary/aromatic N) is 1. The highest BCUT2D eigenvalue weighted by Gasteiger charge is 2.40. The fourth-order valence-electron chi connectivity index (χ4n) is 1.03. The van der Waals surface area contributed by atoms with Crippen molar-refractivity contribution >= 4 is 17.3 Å². The van der Waals surface area contributed by atoms with Gasteiger partial charge in [0.05, 0.1) is 4.92 Å². The van der Waals surface area contributed by atoms with Crippen LogP contribution in [0.25, 0.3) is 0 Å². The third-order valence-electron chi connectivity index (χ3n) is 1.79. The smallest absolute Gasteiger partial charge is 0.379 e. The predicted molar refractivity (Wildman–Crippen MR) is 49.1 cm³/mol. The minimum atomic E-state index is -4.87. The average Bonchev–Trinajstić information content (AvgIpc) is 2.15. The number of alkyl halides is 3. The van der Waals surface area contributed by atoms with E-state index in [-0.39, 0.29) is 5.02 Å². The second kappa shape index (κ2) is 4.26. The quantitative estimate of drug-likeness (QED) is 0.653. The van der Waals surface area contributed by atoms with E-state index in [1.807, 2.05) is 0 Å². The van der Waals surface area contributed by atoms with E-state index >= 15 is 0 Å². The Hall–Kier alpha value is -1.34. The van der Waals surface area contributed by atoms with E-state index in [1.165, 1.54) is 0 Å². The molecular weight excluding hydrogens is 251 g/mol. The van der Waals surface area contributed by atoms with Crippen molar-refractivity contribution in [3.8, 4) is 0 Å². The van der Waals surface area contributed by atoms with Crippen LogP contribution in [0.1, 0.15) is 11.7 Å². The zero-order chi connectivity index (χ0) is 12.5. The maximum Gasteiger partial charge on any atom is 0.418 e. The molecule has 1 unspecified atom stereocenters. The first-order chi connectivity index (χ1) is 7.23. The second-order valence-corrected chi connectivity index (χ2v) is 3.32. The Bertz CT molecular complexity index is 421. The molecule has 88 valence electrons. The average molecular weight is 256 g/mol. The first kappa shape index (κ1) is 12.7. The first-order valence-electron chi connectivity index (χ1n) is 3.92. The van der Waals surface area contributed by atoms with E-state index in [0.29, 0.717) is 6.07 Å². The van der Waals surface area contributed by atoms with Gasteiger partial charge in [-0.15, -0.1) is 0 Å². The molecule has 0 aliphatic carbocycles. The van der Waals surface area contributed by atoms with Gasteiger partial charge in [0.1, 0.15) is 5.02 Å². The summed E-state index contributed by atoms with van der Waals surface area (Å²) < 4.78 is 36.3. The van der Waals surface area contributed by atoms with Crippen molar-refractivity contribution in [1.29, 1.82) is 0 Å². The van der Waals surface area contributed by atoms with Gasteiger partial charge in [-0.1, -0.05) is 17.7 Å². The van der Waals surface area contributed by atoms with Crippen molar-refractivity contribution in [2.24, 2.45) is 0 Å². The number of halogens is 4. The van der Waals surface area contributed by atoms with Crippen LogP contribution in [-0.4, -0.2) is 16.2 Å². The number of benzene rings is 1. The van der Waals surface area contributed by atoms with Gasteiger partial charge in [-0.2, -0.15) is 13.2 Å². The van der Waals surface area contributed by atoms with Crippen LogP contribution in [0.5, 0.6) is 0 Å². The van der Waals surface area contributed by atoms with E-state index in [0.717, 1.165) is 12.1 Å². The Morgan fingerprint density at radius 1 is 1.44 bits per heavy atom. The molecule has 0 aromatic heterocycles. The number of aliphatic hydroxyl groups is 1. The van der Waals surface area contributed by atoms with Gasteiger partial charge in [0, 0.05) is 6.07 Å². The van der Waals surface area contributed by atoms with Crippen LogP contribution in [0.4, 0.5) is 18.9 Å². The summed E-state index contributed by atoms with van der Waals surface area (Å²) in [7, 11) is 0. The zero-order valence-electron chi connectivity index (χ0n) is 7.53. The standard InChI is InChI=1S/C8H5ClF3NO3/c9-5-2-1-4(3-6(5)13(15)16)7(14)8(10,11)12/h1-3,7,14H. The van der Waals surface area contributed by atoms with Gasteiger partial charge in [0.15, 0.2) is 6.10 Å².